The van der Waals surface area contributed by atoms with Gasteiger partial charge in [0.25, 0.3) is 0 Å². The third kappa shape index (κ3) is 1.90. The molecule has 2 fully saturated rings. The molecule has 1 aliphatic carbocycles. The van der Waals surface area contributed by atoms with Crippen LogP contribution in [0.25, 0.3) is 0 Å². The van der Waals surface area contributed by atoms with E-state index < -0.39 is 5.60 Å². The van der Waals surface area contributed by atoms with Crippen molar-refractivity contribution in [2.75, 3.05) is 13.1 Å². The Labute approximate surface area is 97.1 Å². The normalized spacial score (nSPS) is 33.2. The van der Waals surface area contributed by atoms with Crippen LogP contribution in [0.15, 0.2) is 0 Å². The molecule has 0 atom stereocenters. The van der Waals surface area contributed by atoms with Crippen molar-refractivity contribution >= 4 is 6.09 Å². The molecule has 92 valence electrons. The van der Waals surface area contributed by atoms with E-state index in [4.69, 9.17) is 10.5 Å². The predicted octanol–water partition coefficient (Wildman–Crippen LogP) is 1.73. The monoisotopic (exact) mass is 226 g/mol. The summed E-state index contributed by atoms with van der Waals surface area (Å²) >= 11 is 0. The molecule has 1 spiro atoms. The molecule has 4 heteroatoms. The Hall–Kier alpha value is -0.770. The van der Waals surface area contributed by atoms with E-state index in [2.05, 4.69) is 0 Å². The van der Waals surface area contributed by atoms with Crippen molar-refractivity contribution in [2.24, 2.45) is 11.7 Å². The van der Waals surface area contributed by atoms with Crippen molar-refractivity contribution in [1.82, 2.24) is 4.90 Å². The first-order valence-corrected chi connectivity index (χ1v) is 6.07. The molecule has 4 nitrogen and oxygen atoms in total. The Bertz CT molecular complexity index is 290. The molecule has 0 aromatic rings. The summed E-state index contributed by atoms with van der Waals surface area (Å²) in [7, 11) is 0. The van der Waals surface area contributed by atoms with Crippen molar-refractivity contribution in [2.45, 2.75) is 51.2 Å². The number of amides is 1. The molecule has 0 radical (unpaired) electrons. The molecule has 2 rings (SSSR count). The maximum Gasteiger partial charge on any atom is 0.410 e. The molecule has 0 bridgehead atoms. The zero-order valence-electron chi connectivity index (χ0n) is 10.5. The Kier molecular flexibility index (Phi) is 2.65. The van der Waals surface area contributed by atoms with Gasteiger partial charge in [-0.3, -0.25) is 0 Å². The number of likely N-dealkylation sites (tertiary alicyclic amines) is 1. The first kappa shape index (κ1) is 11.7. The van der Waals surface area contributed by atoms with E-state index in [1.165, 1.54) is 0 Å². The van der Waals surface area contributed by atoms with Gasteiger partial charge in [0.2, 0.25) is 0 Å². The van der Waals surface area contributed by atoms with Gasteiger partial charge in [-0.05, 0) is 52.5 Å². The van der Waals surface area contributed by atoms with Crippen molar-refractivity contribution in [3.63, 3.8) is 0 Å². The molecule has 1 amide bonds. The van der Waals surface area contributed by atoms with Gasteiger partial charge in [-0.15, -0.1) is 0 Å². The second kappa shape index (κ2) is 3.62. The molecule has 2 aliphatic rings. The third-order valence-electron chi connectivity index (χ3n) is 3.66. The van der Waals surface area contributed by atoms with Gasteiger partial charge in [0.05, 0.1) is 0 Å². The Balaban J connectivity index is 1.90. The molecular weight excluding hydrogens is 204 g/mol. The molecular formula is C12H22N2O2. The van der Waals surface area contributed by atoms with E-state index in [1.807, 2.05) is 25.7 Å². The minimum absolute atomic E-state index is 0.104. The van der Waals surface area contributed by atoms with Crippen molar-refractivity contribution < 1.29 is 9.53 Å². The van der Waals surface area contributed by atoms with Gasteiger partial charge in [0.1, 0.15) is 5.60 Å². The average molecular weight is 226 g/mol. The van der Waals surface area contributed by atoms with E-state index in [9.17, 15) is 4.79 Å². The quantitative estimate of drug-likeness (QED) is 0.741. The second-order valence-corrected chi connectivity index (χ2v) is 6.12. The molecule has 0 unspecified atom stereocenters. The summed E-state index contributed by atoms with van der Waals surface area (Å²) in [6.07, 6.45) is 3.07. The van der Waals surface area contributed by atoms with Crippen LogP contribution in [-0.2, 0) is 4.74 Å². The lowest BCUT2D eigenvalue weighted by molar-refractivity contribution is -0.101. The largest absolute Gasteiger partial charge is 0.444 e. The highest BCUT2D eigenvalue weighted by Crippen LogP contribution is 2.50. The second-order valence-electron chi connectivity index (χ2n) is 6.12. The SMILES string of the molecule is CC(C)(C)OC(=O)N1CCC12CC(CN)C2. The van der Waals surface area contributed by atoms with Crippen LogP contribution >= 0.6 is 0 Å². The number of hydrogen-bond donors (Lipinski definition) is 1. The predicted molar refractivity (Wildman–Crippen MR) is 62.1 cm³/mol. The summed E-state index contributed by atoms with van der Waals surface area (Å²) in [5, 5.41) is 0. The molecule has 2 N–H and O–H groups in total. The maximum absolute atomic E-state index is 11.9. The molecule has 1 saturated heterocycles. The molecule has 1 aliphatic heterocycles. The van der Waals surface area contributed by atoms with E-state index >= 15 is 0 Å². The smallest absolute Gasteiger partial charge is 0.410 e. The molecule has 1 heterocycles. The van der Waals surface area contributed by atoms with Gasteiger partial charge in [0, 0.05) is 12.1 Å². The van der Waals surface area contributed by atoms with E-state index in [0.717, 1.165) is 32.4 Å². The van der Waals surface area contributed by atoms with Crippen LogP contribution in [0.5, 0.6) is 0 Å². The van der Waals surface area contributed by atoms with Crippen molar-refractivity contribution in [3.8, 4) is 0 Å². The summed E-state index contributed by atoms with van der Waals surface area (Å²) in [6, 6.07) is 0. The number of nitrogens with two attached hydrogens (primary N) is 1. The lowest BCUT2D eigenvalue weighted by Crippen LogP contribution is -2.69. The van der Waals surface area contributed by atoms with Gasteiger partial charge < -0.3 is 15.4 Å². The van der Waals surface area contributed by atoms with Crippen LogP contribution in [0.3, 0.4) is 0 Å². The van der Waals surface area contributed by atoms with Crippen molar-refractivity contribution in [1.29, 1.82) is 0 Å². The van der Waals surface area contributed by atoms with Gasteiger partial charge in [-0.25, -0.2) is 4.79 Å². The molecule has 0 aromatic heterocycles. The van der Waals surface area contributed by atoms with Crippen LogP contribution in [-0.4, -0.2) is 35.2 Å². The number of rotatable bonds is 1. The molecule has 16 heavy (non-hydrogen) atoms. The lowest BCUT2D eigenvalue weighted by Gasteiger charge is -2.61. The van der Waals surface area contributed by atoms with Gasteiger partial charge in [-0.2, -0.15) is 0 Å². The van der Waals surface area contributed by atoms with Gasteiger partial charge >= 0.3 is 6.09 Å². The van der Waals surface area contributed by atoms with Crippen LogP contribution < -0.4 is 5.73 Å². The van der Waals surface area contributed by atoms with Gasteiger partial charge in [-0.1, -0.05) is 0 Å². The standard InChI is InChI=1S/C12H22N2O2/c1-11(2,3)16-10(15)14-5-4-12(14)6-9(7-12)8-13/h9H,4-8,13H2,1-3H3. The zero-order valence-corrected chi connectivity index (χ0v) is 10.5. The van der Waals surface area contributed by atoms with E-state index in [-0.39, 0.29) is 11.6 Å². The lowest BCUT2D eigenvalue weighted by atomic mass is 9.61. The highest BCUT2D eigenvalue weighted by atomic mass is 16.6. The molecule has 1 saturated carbocycles. The highest BCUT2D eigenvalue weighted by Gasteiger charge is 2.56. The van der Waals surface area contributed by atoms with Crippen LogP contribution in [0, 0.1) is 5.92 Å². The van der Waals surface area contributed by atoms with Crippen LogP contribution in [0.2, 0.25) is 0 Å². The van der Waals surface area contributed by atoms with Crippen LogP contribution in [0.1, 0.15) is 40.0 Å². The zero-order chi connectivity index (χ0) is 12.0. The third-order valence-corrected chi connectivity index (χ3v) is 3.66. The van der Waals surface area contributed by atoms with Crippen LogP contribution in [0.4, 0.5) is 4.79 Å². The fourth-order valence-corrected chi connectivity index (χ4v) is 2.75. The molecule has 0 aromatic carbocycles. The Morgan fingerprint density at radius 3 is 2.50 bits per heavy atom. The maximum atomic E-state index is 11.9. The average Bonchev–Trinajstić information content (AvgIpc) is 1.96. The number of carbonyl (C=O) groups is 1. The Morgan fingerprint density at radius 2 is 2.12 bits per heavy atom. The fraction of sp³-hybridized carbons (Fsp3) is 0.917. The number of ether oxygens (including phenoxy) is 1. The van der Waals surface area contributed by atoms with E-state index in [0.29, 0.717) is 5.92 Å². The Morgan fingerprint density at radius 1 is 1.50 bits per heavy atom. The van der Waals surface area contributed by atoms with Gasteiger partial charge in [0.15, 0.2) is 0 Å². The summed E-state index contributed by atoms with van der Waals surface area (Å²) in [5.74, 6) is 0.602. The first-order chi connectivity index (χ1) is 7.36. The number of carbonyl (C=O) groups excluding carboxylic acids is 1. The van der Waals surface area contributed by atoms with Crippen molar-refractivity contribution in [3.05, 3.63) is 0 Å². The minimum Gasteiger partial charge on any atom is -0.444 e. The number of hydrogen-bond acceptors (Lipinski definition) is 3. The summed E-state index contributed by atoms with van der Waals surface area (Å²) in [6.45, 7) is 7.29. The minimum atomic E-state index is -0.398. The first-order valence-electron chi connectivity index (χ1n) is 6.07. The summed E-state index contributed by atoms with van der Waals surface area (Å²) in [4.78, 5) is 13.8. The fourth-order valence-electron chi connectivity index (χ4n) is 2.75. The highest BCUT2D eigenvalue weighted by molar-refractivity contribution is 5.70. The number of nitrogens with zero attached hydrogens (tertiary/aromatic N) is 1. The topological polar surface area (TPSA) is 55.6 Å². The summed E-state index contributed by atoms with van der Waals surface area (Å²) in [5.41, 5.74) is 5.33. The summed E-state index contributed by atoms with van der Waals surface area (Å²) < 4.78 is 5.40. The van der Waals surface area contributed by atoms with E-state index in [1.54, 1.807) is 0 Å².